The molecule has 0 atom stereocenters. The molecule has 2 rings (SSSR count). The Balaban J connectivity index is 1.82. The molecule has 0 bridgehead atoms. The second-order valence-corrected chi connectivity index (χ2v) is 5.62. The Morgan fingerprint density at radius 2 is 1.68 bits per heavy atom. The van der Waals surface area contributed by atoms with Crippen LogP contribution in [0.1, 0.15) is 34.2 Å². The van der Waals surface area contributed by atoms with Gasteiger partial charge in [0.2, 0.25) is 0 Å². The summed E-state index contributed by atoms with van der Waals surface area (Å²) in [6.45, 7) is 3.66. The van der Waals surface area contributed by atoms with E-state index in [-0.39, 0.29) is 5.56 Å². The van der Waals surface area contributed by atoms with Gasteiger partial charge in [0.25, 0.3) is 6.43 Å². The maximum Gasteiger partial charge on any atom is 0.263 e. The highest BCUT2D eigenvalue weighted by atomic mass is 32.1. The second-order valence-electron chi connectivity index (χ2n) is 4.37. The van der Waals surface area contributed by atoms with Crippen LogP contribution < -0.4 is 5.32 Å². The fourth-order valence-electron chi connectivity index (χ4n) is 1.82. The van der Waals surface area contributed by atoms with Crippen LogP contribution >= 0.6 is 11.3 Å². The standard InChI is InChI=1S/C15H17F2NS/c1-2-13-7-8-14(19-13)10-18-9-11-3-5-12(6-4-11)15(16)17/h3-8,15,18H,2,9-10H2,1H3. The SMILES string of the molecule is CCc1ccc(CNCc2ccc(C(F)F)cc2)s1. The smallest absolute Gasteiger partial charge is 0.263 e. The molecular formula is C15H17F2NS. The summed E-state index contributed by atoms with van der Waals surface area (Å²) in [5, 5.41) is 3.33. The Labute approximate surface area is 116 Å². The minimum atomic E-state index is -2.39. The molecule has 0 unspecified atom stereocenters. The van der Waals surface area contributed by atoms with E-state index in [0.717, 1.165) is 18.5 Å². The summed E-state index contributed by atoms with van der Waals surface area (Å²) in [4.78, 5) is 2.69. The van der Waals surface area contributed by atoms with E-state index in [1.54, 1.807) is 12.1 Å². The van der Waals surface area contributed by atoms with Gasteiger partial charge in [-0.05, 0) is 24.1 Å². The topological polar surface area (TPSA) is 12.0 Å². The summed E-state index contributed by atoms with van der Waals surface area (Å²) < 4.78 is 24.8. The van der Waals surface area contributed by atoms with Crippen LogP contribution in [0.25, 0.3) is 0 Å². The molecule has 1 aromatic heterocycles. The first-order valence-corrected chi connectivity index (χ1v) is 7.16. The van der Waals surface area contributed by atoms with Gasteiger partial charge >= 0.3 is 0 Å². The Morgan fingerprint density at radius 1 is 1.00 bits per heavy atom. The van der Waals surface area contributed by atoms with Crippen molar-refractivity contribution in [1.82, 2.24) is 5.32 Å². The molecule has 1 N–H and O–H groups in total. The van der Waals surface area contributed by atoms with Crippen LogP contribution in [0.4, 0.5) is 8.78 Å². The van der Waals surface area contributed by atoms with Gasteiger partial charge in [0, 0.05) is 28.4 Å². The van der Waals surface area contributed by atoms with E-state index in [1.165, 1.54) is 21.9 Å². The van der Waals surface area contributed by atoms with Crippen LogP contribution in [-0.4, -0.2) is 0 Å². The lowest BCUT2D eigenvalue weighted by Gasteiger charge is -2.05. The molecule has 19 heavy (non-hydrogen) atoms. The highest BCUT2D eigenvalue weighted by molar-refractivity contribution is 7.11. The van der Waals surface area contributed by atoms with Crippen molar-refractivity contribution in [3.05, 3.63) is 57.3 Å². The first-order valence-electron chi connectivity index (χ1n) is 6.34. The van der Waals surface area contributed by atoms with Gasteiger partial charge in [-0.3, -0.25) is 0 Å². The largest absolute Gasteiger partial charge is 0.308 e. The lowest BCUT2D eigenvalue weighted by Crippen LogP contribution is -2.11. The van der Waals surface area contributed by atoms with Gasteiger partial charge in [-0.25, -0.2) is 8.78 Å². The molecule has 1 heterocycles. The van der Waals surface area contributed by atoms with E-state index in [4.69, 9.17) is 0 Å². The van der Waals surface area contributed by atoms with Crippen molar-refractivity contribution >= 4 is 11.3 Å². The number of aryl methyl sites for hydroxylation is 1. The fourth-order valence-corrected chi connectivity index (χ4v) is 2.75. The summed E-state index contributed by atoms with van der Waals surface area (Å²) in [5.74, 6) is 0. The zero-order valence-electron chi connectivity index (χ0n) is 10.8. The molecule has 0 aliphatic heterocycles. The van der Waals surface area contributed by atoms with Gasteiger partial charge in [-0.1, -0.05) is 31.2 Å². The maximum absolute atomic E-state index is 12.4. The van der Waals surface area contributed by atoms with Crippen LogP contribution in [0.2, 0.25) is 0 Å². The van der Waals surface area contributed by atoms with Crippen molar-refractivity contribution in [3.63, 3.8) is 0 Å². The molecule has 0 spiro atoms. The molecule has 0 amide bonds. The number of alkyl halides is 2. The number of thiophene rings is 1. The first-order chi connectivity index (χ1) is 9.19. The summed E-state index contributed by atoms with van der Waals surface area (Å²) in [7, 11) is 0. The normalized spacial score (nSPS) is 11.2. The minimum Gasteiger partial charge on any atom is -0.308 e. The predicted octanol–water partition coefficient (Wildman–Crippen LogP) is 4.54. The fraction of sp³-hybridized carbons (Fsp3) is 0.333. The molecule has 1 nitrogen and oxygen atoms in total. The van der Waals surface area contributed by atoms with Crippen molar-refractivity contribution in [2.24, 2.45) is 0 Å². The highest BCUT2D eigenvalue weighted by Crippen LogP contribution is 2.19. The third-order valence-corrected chi connectivity index (χ3v) is 4.16. The predicted molar refractivity (Wildman–Crippen MR) is 75.6 cm³/mol. The third-order valence-electron chi connectivity index (χ3n) is 2.93. The van der Waals surface area contributed by atoms with Crippen LogP contribution in [0.15, 0.2) is 36.4 Å². The lowest BCUT2D eigenvalue weighted by atomic mass is 10.1. The van der Waals surface area contributed by atoms with Crippen molar-refractivity contribution in [3.8, 4) is 0 Å². The number of rotatable bonds is 6. The molecule has 0 saturated heterocycles. The number of halogens is 2. The zero-order valence-corrected chi connectivity index (χ0v) is 11.6. The van der Waals surface area contributed by atoms with Gasteiger partial charge in [0.05, 0.1) is 0 Å². The van der Waals surface area contributed by atoms with Crippen LogP contribution in [0, 0.1) is 0 Å². The minimum absolute atomic E-state index is 0.0783. The summed E-state index contributed by atoms with van der Waals surface area (Å²) in [6.07, 6.45) is -1.32. The number of hydrogen-bond acceptors (Lipinski definition) is 2. The molecule has 2 aromatic rings. The van der Waals surface area contributed by atoms with Gasteiger partial charge in [0.1, 0.15) is 0 Å². The van der Waals surface area contributed by atoms with E-state index < -0.39 is 6.43 Å². The lowest BCUT2D eigenvalue weighted by molar-refractivity contribution is 0.151. The quantitative estimate of drug-likeness (QED) is 0.819. The molecule has 1 aromatic carbocycles. The Hall–Kier alpha value is -1.26. The average molecular weight is 281 g/mol. The van der Waals surface area contributed by atoms with Crippen LogP contribution in [0.5, 0.6) is 0 Å². The zero-order chi connectivity index (χ0) is 13.7. The molecule has 0 aliphatic carbocycles. The first kappa shape index (κ1) is 14.2. The van der Waals surface area contributed by atoms with Gasteiger partial charge in [-0.2, -0.15) is 0 Å². The molecule has 0 radical (unpaired) electrons. The van der Waals surface area contributed by atoms with Crippen molar-refractivity contribution < 1.29 is 8.78 Å². The summed E-state index contributed by atoms with van der Waals surface area (Å²) in [6, 6.07) is 10.8. The van der Waals surface area contributed by atoms with Gasteiger partial charge in [-0.15, -0.1) is 11.3 Å². The monoisotopic (exact) mass is 281 g/mol. The van der Waals surface area contributed by atoms with Crippen LogP contribution in [0.3, 0.4) is 0 Å². The molecule has 0 aliphatic rings. The highest BCUT2D eigenvalue weighted by Gasteiger charge is 2.05. The Morgan fingerprint density at radius 3 is 2.26 bits per heavy atom. The van der Waals surface area contributed by atoms with E-state index >= 15 is 0 Å². The molecule has 4 heteroatoms. The van der Waals surface area contributed by atoms with E-state index in [1.807, 2.05) is 11.3 Å². The Bertz CT molecular complexity index is 505. The van der Waals surface area contributed by atoms with Crippen molar-refractivity contribution in [2.75, 3.05) is 0 Å². The van der Waals surface area contributed by atoms with Crippen molar-refractivity contribution in [1.29, 1.82) is 0 Å². The molecule has 0 saturated carbocycles. The number of hydrogen-bond donors (Lipinski definition) is 1. The number of nitrogens with one attached hydrogen (secondary N) is 1. The van der Waals surface area contributed by atoms with Crippen molar-refractivity contribution in [2.45, 2.75) is 32.9 Å². The second kappa shape index (κ2) is 6.78. The van der Waals surface area contributed by atoms with E-state index in [9.17, 15) is 8.78 Å². The molecular weight excluding hydrogens is 264 g/mol. The molecule has 0 fully saturated rings. The van der Waals surface area contributed by atoms with E-state index in [2.05, 4.69) is 24.4 Å². The third kappa shape index (κ3) is 4.11. The van der Waals surface area contributed by atoms with Gasteiger partial charge in [0.15, 0.2) is 0 Å². The summed E-state index contributed by atoms with van der Waals surface area (Å²) in [5.41, 5.74) is 1.10. The Kier molecular flexibility index (Phi) is 5.05. The van der Waals surface area contributed by atoms with Crippen LogP contribution in [-0.2, 0) is 19.5 Å². The molecule has 102 valence electrons. The van der Waals surface area contributed by atoms with Gasteiger partial charge < -0.3 is 5.32 Å². The number of benzene rings is 1. The average Bonchev–Trinajstić information content (AvgIpc) is 2.87. The summed E-state index contributed by atoms with van der Waals surface area (Å²) >= 11 is 1.81. The van der Waals surface area contributed by atoms with E-state index in [0.29, 0.717) is 6.54 Å². The maximum atomic E-state index is 12.4.